The number of hydrogen-bond acceptors (Lipinski definition) is 7. The van der Waals surface area contributed by atoms with Gasteiger partial charge in [-0.1, -0.05) is 11.6 Å². The van der Waals surface area contributed by atoms with E-state index in [1.807, 2.05) is 0 Å². The predicted molar refractivity (Wildman–Crippen MR) is 114 cm³/mol. The van der Waals surface area contributed by atoms with Crippen molar-refractivity contribution in [2.24, 2.45) is 5.92 Å². The van der Waals surface area contributed by atoms with E-state index in [1.54, 1.807) is 19.9 Å². The molecular formula is C19H22ClN3O5S2. The van der Waals surface area contributed by atoms with Crippen molar-refractivity contribution < 1.29 is 22.7 Å². The summed E-state index contributed by atoms with van der Waals surface area (Å²) in [5.41, 5.74) is 0.739. The van der Waals surface area contributed by atoms with Crippen LogP contribution in [0.3, 0.4) is 0 Å². The lowest BCUT2D eigenvalue weighted by molar-refractivity contribution is -0.120. The van der Waals surface area contributed by atoms with Crippen molar-refractivity contribution in [2.75, 3.05) is 25.0 Å². The molecule has 2 aromatic rings. The summed E-state index contributed by atoms with van der Waals surface area (Å²) in [7, 11) is -3.76. The molecule has 1 amide bonds. The molecule has 0 aromatic carbocycles. The Hall–Kier alpha value is -2.01. The van der Waals surface area contributed by atoms with E-state index in [-0.39, 0.29) is 41.6 Å². The number of ether oxygens (including phenoxy) is 1. The summed E-state index contributed by atoms with van der Waals surface area (Å²) in [5.74, 6) is -0.925. The first-order valence-electron chi connectivity index (χ1n) is 9.43. The lowest BCUT2D eigenvalue weighted by Gasteiger charge is -2.30. The van der Waals surface area contributed by atoms with Crippen LogP contribution in [0.4, 0.5) is 5.00 Å². The van der Waals surface area contributed by atoms with Crippen molar-refractivity contribution >= 4 is 49.8 Å². The predicted octanol–water partition coefficient (Wildman–Crippen LogP) is 3.32. The van der Waals surface area contributed by atoms with Crippen molar-refractivity contribution in [3.8, 4) is 0 Å². The van der Waals surface area contributed by atoms with Crippen LogP contribution in [0, 0.1) is 12.8 Å². The first-order chi connectivity index (χ1) is 14.2. The van der Waals surface area contributed by atoms with E-state index in [1.165, 1.54) is 34.0 Å². The van der Waals surface area contributed by atoms with Gasteiger partial charge >= 0.3 is 5.97 Å². The third-order valence-electron chi connectivity index (χ3n) is 4.79. The second-order valence-corrected chi connectivity index (χ2v) is 10.1. The Labute approximate surface area is 184 Å². The zero-order chi connectivity index (χ0) is 21.9. The molecule has 3 heterocycles. The molecule has 162 valence electrons. The van der Waals surface area contributed by atoms with Crippen LogP contribution in [0.15, 0.2) is 29.3 Å². The molecule has 3 rings (SSSR count). The molecular weight excluding hydrogens is 450 g/mol. The van der Waals surface area contributed by atoms with Gasteiger partial charge < -0.3 is 10.1 Å². The standard InChI is InChI=1S/C19H22ClN3O5S2/c1-3-28-19(25)16-12(2)11-15(29-16)22-18(24)13-6-9-23(10-7-13)30(26,27)14-5-4-8-21-17(14)20/h4-5,8,11,13H,3,6-7,9-10H2,1-2H3,(H,22,24). The van der Waals surface area contributed by atoms with Crippen molar-refractivity contribution in [1.29, 1.82) is 0 Å². The van der Waals surface area contributed by atoms with Crippen LogP contribution >= 0.6 is 22.9 Å². The summed E-state index contributed by atoms with van der Waals surface area (Å²) in [6.45, 7) is 4.22. The highest BCUT2D eigenvalue weighted by Gasteiger charge is 2.33. The summed E-state index contributed by atoms with van der Waals surface area (Å²) in [5, 5.41) is 3.34. The number of halogens is 1. The SMILES string of the molecule is CCOC(=O)c1sc(NC(=O)C2CCN(S(=O)(=O)c3cccnc3Cl)CC2)cc1C. The van der Waals surface area contributed by atoms with Crippen molar-refractivity contribution in [3.63, 3.8) is 0 Å². The minimum Gasteiger partial charge on any atom is -0.462 e. The summed E-state index contributed by atoms with van der Waals surface area (Å²) in [6.07, 6.45) is 2.20. The quantitative estimate of drug-likeness (QED) is 0.511. The Balaban J connectivity index is 1.62. The number of thiophene rings is 1. The molecule has 0 spiro atoms. The maximum atomic E-state index is 12.8. The molecule has 1 fully saturated rings. The molecule has 0 atom stereocenters. The molecule has 1 N–H and O–H groups in total. The van der Waals surface area contributed by atoms with Gasteiger partial charge in [-0.25, -0.2) is 18.2 Å². The number of piperidine rings is 1. The molecule has 30 heavy (non-hydrogen) atoms. The molecule has 0 unspecified atom stereocenters. The minimum atomic E-state index is -3.76. The number of aromatic nitrogens is 1. The minimum absolute atomic E-state index is 0.0323. The van der Waals surface area contributed by atoms with Crippen LogP contribution in [-0.2, 0) is 19.6 Å². The van der Waals surface area contributed by atoms with Gasteiger partial charge in [0.1, 0.15) is 14.9 Å². The van der Waals surface area contributed by atoms with Crippen molar-refractivity contribution in [3.05, 3.63) is 40.0 Å². The van der Waals surface area contributed by atoms with E-state index < -0.39 is 16.0 Å². The number of carbonyl (C=O) groups excluding carboxylic acids is 2. The number of esters is 1. The van der Waals surface area contributed by atoms with Crippen molar-refractivity contribution in [1.82, 2.24) is 9.29 Å². The molecule has 11 heteroatoms. The Morgan fingerprint density at radius 3 is 2.70 bits per heavy atom. The highest BCUT2D eigenvalue weighted by Crippen LogP contribution is 2.30. The molecule has 0 saturated carbocycles. The first-order valence-corrected chi connectivity index (χ1v) is 12.1. The Bertz CT molecular complexity index is 1050. The monoisotopic (exact) mass is 471 g/mol. The first kappa shape index (κ1) is 22.7. The van der Waals surface area contributed by atoms with Crippen LogP contribution in [0.25, 0.3) is 0 Å². The summed E-state index contributed by atoms with van der Waals surface area (Å²) < 4.78 is 31.9. The van der Waals surface area contributed by atoms with E-state index in [0.717, 1.165) is 5.56 Å². The lowest BCUT2D eigenvalue weighted by atomic mass is 9.97. The summed E-state index contributed by atoms with van der Waals surface area (Å²) in [4.78, 5) is 28.8. The second kappa shape index (κ2) is 9.42. The van der Waals surface area contributed by atoms with Gasteiger partial charge in [-0.05, 0) is 50.5 Å². The number of rotatable bonds is 6. The molecule has 2 aromatic heterocycles. The fourth-order valence-corrected chi connectivity index (χ4v) is 6.09. The third-order valence-corrected chi connectivity index (χ3v) is 8.27. The topological polar surface area (TPSA) is 106 Å². The van der Waals surface area contributed by atoms with E-state index in [2.05, 4.69) is 10.3 Å². The van der Waals surface area contributed by atoms with Gasteiger partial charge in [-0.2, -0.15) is 4.31 Å². The number of anilines is 1. The fraction of sp³-hybridized carbons (Fsp3) is 0.421. The van der Waals surface area contributed by atoms with Gasteiger partial charge in [-0.3, -0.25) is 4.79 Å². The molecule has 0 bridgehead atoms. The Kier molecular flexibility index (Phi) is 7.12. The van der Waals surface area contributed by atoms with Gasteiger partial charge in [-0.15, -0.1) is 11.3 Å². The lowest BCUT2D eigenvalue weighted by Crippen LogP contribution is -2.41. The summed E-state index contributed by atoms with van der Waals surface area (Å²) in [6, 6.07) is 4.68. The highest BCUT2D eigenvalue weighted by molar-refractivity contribution is 7.89. The maximum Gasteiger partial charge on any atom is 0.348 e. The van der Waals surface area contributed by atoms with Crippen molar-refractivity contribution in [2.45, 2.75) is 31.6 Å². The van der Waals surface area contributed by atoms with Crippen LogP contribution in [-0.4, -0.2) is 49.3 Å². The molecule has 1 saturated heterocycles. The number of nitrogens with zero attached hydrogens (tertiary/aromatic N) is 2. The second-order valence-electron chi connectivity index (χ2n) is 6.80. The normalized spacial score (nSPS) is 15.7. The zero-order valence-corrected chi connectivity index (χ0v) is 18.9. The summed E-state index contributed by atoms with van der Waals surface area (Å²) >= 11 is 7.11. The maximum absolute atomic E-state index is 12.8. The van der Waals surface area contributed by atoms with Gasteiger partial charge in [0.2, 0.25) is 15.9 Å². The van der Waals surface area contributed by atoms with E-state index >= 15 is 0 Å². The molecule has 8 nitrogen and oxygen atoms in total. The Morgan fingerprint density at radius 2 is 2.07 bits per heavy atom. The molecule has 0 radical (unpaired) electrons. The number of aryl methyl sites for hydroxylation is 1. The Morgan fingerprint density at radius 1 is 1.37 bits per heavy atom. The van der Waals surface area contributed by atoms with E-state index in [0.29, 0.717) is 22.7 Å². The van der Waals surface area contributed by atoms with Crippen LogP contribution < -0.4 is 5.32 Å². The van der Waals surface area contributed by atoms with Gasteiger partial charge in [0.25, 0.3) is 0 Å². The average molecular weight is 472 g/mol. The van der Waals surface area contributed by atoms with Crippen LogP contribution in [0.5, 0.6) is 0 Å². The number of sulfonamides is 1. The smallest absolute Gasteiger partial charge is 0.348 e. The van der Waals surface area contributed by atoms with E-state index in [4.69, 9.17) is 16.3 Å². The molecule has 1 aliphatic heterocycles. The number of hydrogen-bond donors (Lipinski definition) is 1. The number of amides is 1. The van der Waals surface area contributed by atoms with Crippen LogP contribution in [0.2, 0.25) is 5.15 Å². The largest absolute Gasteiger partial charge is 0.462 e. The zero-order valence-electron chi connectivity index (χ0n) is 16.6. The average Bonchev–Trinajstić information content (AvgIpc) is 3.08. The molecule has 1 aliphatic rings. The van der Waals surface area contributed by atoms with Gasteiger partial charge in [0, 0.05) is 25.2 Å². The van der Waals surface area contributed by atoms with E-state index in [9.17, 15) is 18.0 Å². The number of nitrogens with one attached hydrogen (secondary N) is 1. The molecule has 0 aliphatic carbocycles. The van der Waals surface area contributed by atoms with Gasteiger partial charge in [0.05, 0.1) is 11.6 Å². The highest BCUT2D eigenvalue weighted by atomic mass is 35.5. The van der Waals surface area contributed by atoms with Crippen LogP contribution in [0.1, 0.15) is 35.0 Å². The number of carbonyl (C=O) groups is 2. The fourth-order valence-electron chi connectivity index (χ4n) is 3.23. The third kappa shape index (κ3) is 4.83. The number of pyridine rings is 1. The van der Waals surface area contributed by atoms with Gasteiger partial charge in [0.15, 0.2) is 0 Å².